The summed E-state index contributed by atoms with van der Waals surface area (Å²) >= 11 is 0. The van der Waals surface area contributed by atoms with Gasteiger partial charge in [0.15, 0.2) is 0 Å². The first-order valence-corrected chi connectivity index (χ1v) is 4.88. The summed E-state index contributed by atoms with van der Waals surface area (Å²) in [7, 11) is 1.62. The number of methoxy groups -OCH3 is 1. The lowest BCUT2D eigenvalue weighted by Crippen LogP contribution is -2.46. The molecule has 14 heavy (non-hydrogen) atoms. The van der Waals surface area contributed by atoms with Crippen LogP contribution in [0.5, 0.6) is 0 Å². The number of hydrogen-bond donors (Lipinski definition) is 2. The Balaban J connectivity index is 3.65. The fourth-order valence-corrected chi connectivity index (χ4v) is 0.963. The molecule has 0 bridgehead atoms. The zero-order valence-corrected chi connectivity index (χ0v) is 9.81. The molecule has 0 aliphatic heterocycles. The maximum atomic E-state index is 11.3. The molecule has 0 radical (unpaired) electrons. The summed E-state index contributed by atoms with van der Waals surface area (Å²) in [5.74, 6) is 0.00414. The lowest BCUT2D eigenvalue weighted by atomic mass is 10.1. The maximum Gasteiger partial charge on any atom is 0.234 e. The second kappa shape index (κ2) is 5.98. The third kappa shape index (κ3) is 8.01. The van der Waals surface area contributed by atoms with Gasteiger partial charge in [-0.15, -0.1) is 0 Å². The molecule has 1 unspecified atom stereocenters. The van der Waals surface area contributed by atoms with E-state index in [9.17, 15) is 4.79 Å². The van der Waals surface area contributed by atoms with Gasteiger partial charge in [0, 0.05) is 18.7 Å². The molecule has 84 valence electrons. The Labute approximate surface area is 86.4 Å². The van der Waals surface area contributed by atoms with E-state index in [1.54, 1.807) is 7.11 Å². The zero-order valence-electron chi connectivity index (χ0n) is 9.81. The van der Waals surface area contributed by atoms with Crippen LogP contribution in [0, 0.1) is 0 Å². The van der Waals surface area contributed by atoms with Crippen molar-refractivity contribution < 1.29 is 9.53 Å². The summed E-state index contributed by atoms with van der Waals surface area (Å²) in [6, 6.07) is 0.0641. The Bertz CT molecular complexity index is 175. The van der Waals surface area contributed by atoms with Gasteiger partial charge in [-0.2, -0.15) is 0 Å². The van der Waals surface area contributed by atoms with Crippen molar-refractivity contribution in [1.29, 1.82) is 0 Å². The molecule has 0 rings (SSSR count). The van der Waals surface area contributed by atoms with Crippen LogP contribution in [0.3, 0.4) is 0 Å². The first-order chi connectivity index (χ1) is 6.35. The summed E-state index contributed by atoms with van der Waals surface area (Å²) in [5.41, 5.74) is -0.0260. The number of carbonyl (C=O) groups excluding carboxylic acids is 1. The van der Waals surface area contributed by atoms with Gasteiger partial charge in [0.25, 0.3) is 0 Å². The van der Waals surface area contributed by atoms with Gasteiger partial charge in [-0.1, -0.05) is 0 Å². The highest BCUT2D eigenvalue weighted by Gasteiger charge is 2.12. The van der Waals surface area contributed by atoms with Gasteiger partial charge in [-0.3, -0.25) is 4.79 Å². The monoisotopic (exact) mass is 202 g/mol. The van der Waals surface area contributed by atoms with Gasteiger partial charge in [0.05, 0.1) is 13.2 Å². The molecule has 4 heteroatoms. The molecule has 0 heterocycles. The van der Waals surface area contributed by atoms with E-state index in [-0.39, 0.29) is 17.5 Å². The quantitative estimate of drug-likeness (QED) is 0.683. The van der Waals surface area contributed by atoms with Gasteiger partial charge >= 0.3 is 0 Å². The number of carbonyl (C=O) groups is 1. The molecule has 0 aliphatic carbocycles. The molecule has 4 nitrogen and oxygen atoms in total. The summed E-state index contributed by atoms with van der Waals surface area (Å²) in [6.45, 7) is 8.88. The molecular weight excluding hydrogens is 180 g/mol. The van der Waals surface area contributed by atoms with Crippen LogP contribution in [0.15, 0.2) is 0 Å². The Kier molecular flexibility index (Phi) is 5.72. The first-order valence-electron chi connectivity index (χ1n) is 4.88. The van der Waals surface area contributed by atoms with E-state index in [0.29, 0.717) is 13.2 Å². The van der Waals surface area contributed by atoms with Crippen molar-refractivity contribution in [2.45, 2.75) is 39.3 Å². The summed E-state index contributed by atoms with van der Waals surface area (Å²) < 4.78 is 4.91. The van der Waals surface area contributed by atoms with E-state index in [4.69, 9.17) is 4.74 Å². The van der Waals surface area contributed by atoms with Crippen molar-refractivity contribution in [1.82, 2.24) is 10.6 Å². The van der Waals surface area contributed by atoms with E-state index in [2.05, 4.69) is 10.6 Å². The van der Waals surface area contributed by atoms with E-state index >= 15 is 0 Å². The van der Waals surface area contributed by atoms with Crippen molar-refractivity contribution in [3.63, 3.8) is 0 Å². The fraction of sp³-hybridized carbons (Fsp3) is 0.900. The predicted molar refractivity (Wildman–Crippen MR) is 57.2 cm³/mol. The summed E-state index contributed by atoms with van der Waals surface area (Å²) in [6.07, 6.45) is 0. The van der Waals surface area contributed by atoms with Crippen molar-refractivity contribution in [2.24, 2.45) is 0 Å². The van der Waals surface area contributed by atoms with Gasteiger partial charge in [-0.05, 0) is 27.7 Å². The second-order valence-electron chi connectivity index (χ2n) is 4.53. The molecular formula is C10H22N2O2. The minimum absolute atomic E-state index is 0.00414. The van der Waals surface area contributed by atoms with Crippen molar-refractivity contribution in [3.8, 4) is 0 Å². The zero-order chi connectivity index (χ0) is 11.2. The molecule has 0 aromatic rings. The molecule has 2 N–H and O–H groups in total. The predicted octanol–water partition coefficient (Wildman–Crippen LogP) is 0.526. The minimum Gasteiger partial charge on any atom is -0.383 e. The Morgan fingerprint density at radius 3 is 2.43 bits per heavy atom. The third-order valence-electron chi connectivity index (χ3n) is 1.60. The smallest absolute Gasteiger partial charge is 0.234 e. The van der Waals surface area contributed by atoms with Gasteiger partial charge in [-0.25, -0.2) is 0 Å². The van der Waals surface area contributed by atoms with E-state index in [1.165, 1.54) is 0 Å². The molecule has 1 atom stereocenters. The summed E-state index contributed by atoms with van der Waals surface area (Å²) in [4.78, 5) is 11.3. The van der Waals surface area contributed by atoms with Crippen LogP contribution in [0.2, 0.25) is 0 Å². The first kappa shape index (κ1) is 13.4. The fourth-order valence-electron chi connectivity index (χ4n) is 0.963. The third-order valence-corrected chi connectivity index (χ3v) is 1.60. The minimum atomic E-state index is -0.0260. The molecule has 0 spiro atoms. The normalized spacial score (nSPS) is 13.8. The van der Waals surface area contributed by atoms with Crippen LogP contribution in [-0.2, 0) is 9.53 Å². The van der Waals surface area contributed by atoms with Crippen LogP contribution in [-0.4, -0.2) is 37.7 Å². The van der Waals surface area contributed by atoms with Crippen LogP contribution in [0.4, 0.5) is 0 Å². The van der Waals surface area contributed by atoms with Gasteiger partial charge in [0.1, 0.15) is 0 Å². The molecule has 0 saturated heterocycles. The molecule has 0 saturated carbocycles. The van der Waals surface area contributed by atoms with Crippen LogP contribution in [0.25, 0.3) is 0 Å². The van der Waals surface area contributed by atoms with Crippen LogP contribution in [0.1, 0.15) is 27.7 Å². The van der Waals surface area contributed by atoms with Gasteiger partial charge < -0.3 is 15.4 Å². The molecule has 0 aromatic carbocycles. The molecule has 0 aliphatic rings. The average Bonchev–Trinajstić information content (AvgIpc) is 2.00. The van der Waals surface area contributed by atoms with E-state index < -0.39 is 0 Å². The molecule has 1 amide bonds. The van der Waals surface area contributed by atoms with E-state index in [1.807, 2.05) is 27.7 Å². The lowest BCUT2D eigenvalue weighted by molar-refractivity contribution is -0.121. The Morgan fingerprint density at radius 1 is 1.43 bits per heavy atom. The maximum absolute atomic E-state index is 11.3. The number of hydrogen-bond acceptors (Lipinski definition) is 3. The Morgan fingerprint density at radius 2 is 2.00 bits per heavy atom. The standard InChI is InChI=1S/C10H22N2O2/c1-8(7-14-5)12-9(13)6-11-10(2,3)4/h8,11H,6-7H2,1-5H3,(H,12,13). The van der Waals surface area contributed by atoms with Crippen molar-refractivity contribution in [3.05, 3.63) is 0 Å². The lowest BCUT2D eigenvalue weighted by Gasteiger charge is -2.21. The topological polar surface area (TPSA) is 50.4 Å². The van der Waals surface area contributed by atoms with Crippen LogP contribution < -0.4 is 10.6 Å². The largest absolute Gasteiger partial charge is 0.383 e. The highest BCUT2D eigenvalue weighted by molar-refractivity contribution is 5.78. The molecule has 0 fully saturated rings. The van der Waals surface area contributed by atoms with E-state index in [0.717, 1.165) is 0 Å². The number of ether oxygens (including phenoxy) is 1. The number of nitrogens with one attached hydrogen (secondary N) is 2. The van der Waals surface area contributed by atoms with Crippen molar-refractivity contribution >= 4 is 5.91 Å². The van der Waals surface area contributed by atoms with Crippen molar-refractivity contribution in [2.75, 3.05) is 20.3 Å². The Hall–Kier alpha value is -0.610. The van der Waals surface area contributed by atoms with Gasteiger partial charge in [0.2, 0.25) is 5.91 Å². The highest BCUT2D eigenvalue weighted by atomic mass is 16.5. The average molecular weight is 202 g/mol. The SMILES string of the molecule is COCC(C)NC(=O)CNC(C)(C)C. The highest BCUT2D eigenvalue weighted by Crippen LogP contribution is 1.96. The second-order valence-corrected chi connectivity index (χ2v) is 4.53. The summed E-state index contributed by atoms with van der Waals surface area (Å²) in [5, 5.41) is 5.94. The number of rotatable bonds is 5. The number of amides is 1. The molecule has 0 aromatic heterocycles. The van der Waals surface area contributed by atoms with Crippen LogP contribution >= 0.6 is 0 Å².